The first-order valence-electron chi connectivity index (χ1n) is 9.83. The molecule has 158 valence electrons. The highest BCUT2D eigenvalue weighted by Gasteiger charge is 2.32. The first kappa shape index (κ1) is 19.4. The molecule has 31 heavy (non-hydrogen) atoms. The molecular weight excluding hydrogens is 418 g/mol. The van der Waals surface area contributed by atoms with Crippen molar-refractivity contribution in [3.63, 3.8) is 0 Å². The molecule has 8 heteroatoms. The van der Waals surface area contributed by atoms with Gasteiger partial charge < -0.3 is 24.3 Å². The van der Waals surface area contributed by atoms with Gasteiger partial charge in [0.25, 0.3) is 5.91 Å². The normalized spacial score (nSPS) is 16.4. The van der Waals surface area contributed by atoms with Gasteiger partial charge in [-0.25, -0.2) is 4.79 Å². The Hall–Kier alpha value is -3.52. The number of nitrogens with one attached hydrogen (secondary N) is 1. The molecule has 1 amide bonds. The summed E-state index contributed by atoms with van der Waals surface area (Å²) in [4.78, 5) is 24.8. The zero-order valence-electron chi connectivity index (χ0n) is 16.6. The van der Waals surface area contributed by atoms with Crippen molar-refractivity contribution in [3.8, 4) is 11.5 Å². The van der Waals surface area contributed by atoms with Gasteiger partial charge in [0.1, 0.15) is 33.6 Å². The minimum absolute atomic E-state index is 0.0394. The third-order valence-electron chi connectivity index (χ3n) is 5.42. The molecule has 3 heterocycles. The van der Waals surface area contributed by atoms with Gasteiger partial charge in [0.2, 0.25) is 0 Å². The van der Waals surface area contributed by atoms with Crippen molar-refractivity contribution in [1.82, 2.24) is 0 Å². The largest absolute Gasteiger partial charge is 0.497 e. The van der Waals surface area contributed by atoms with Crippen molar-refractivity contribution >= 4 is 40.4 Å². The van der Waals surface area contributed by atoms with Crippen LogP contribution in [0.5, 0.6) is 11.5 Å². The number of furan rings is 1. The Morgan fingerprint density at radius 2 is 2.06 bits per heavy atom. The van der Waals surface area contributed by atoms with Crippen LogP contribution in [-0.4, -0.2) is 24.1 Å². The Kier molecular flexibility index (Phi) is 4.78. The van der Waals surface area contributed by atoms with E-state index in [1.165, 1.54) is 0 Å². The monoisotopic (exact) mass is 437 g/mol. The van der Waals surface area contributed by atoms with E-state index in [4.69, 9.17) is 13.9 Å². The van der Waals surface area contributed by atoms with Crippen molar-refractivity contribution < 1.29 is 28.6 Å². The number of benzene rings is 1. The number of carboxylic acid groups (broad SMARTS) is 1. The second-order valence-corrected chi connectivity index (χ2v) is 8.23. The van der Waals surface area contributed by atoms with Crippen LogP contribution in [0.25, 0.3) is 12.2 Å². The maximum atomic E-state index is 12.7. The van der Waals surface area contributed by atoms with Crippen LogP contribution >= 0.6 is 11.3 Å². The van der Waals surface area contributed by atoms with E-state index in [9.17, 15) is 14.7 Å². The first-order chi connectivity index (χ1) is 15.0. The van der Waals surface area contributed by atoms with E-state index < -0.39 is 18.0 Å². The topological polar surface area (TPSA) is 98.0 Å². The second kappa shape index (κ2) is 7.63. The smallest absolute Gasteiger partial charge is 0.339 e. The second-order valence-electron chi connectivity index (χ2n) is 7.35. The molecule has 1 aliphatic heterocycles. The first-order valence-corrected chi connectivity index (χ1v) is 10.7. The lowest BCUT2D eigenvalue weighted by molar-refractivity contribution is 0.0693. The number of hydrogen-bond acceptors (Lipinski definition) is 6. The standard InChI is InChI=1S/C23H19NO6S/c1-28-14-6-7-17-13(8-14)10-18(29-17)15-11-31-22(20(15)23(26)27)24-21(25)19-9-12-4-2-3-5-16(12)30-19/h4-9,11,18H,2-3,10H2,1H3,(H,24,25)(H,26,27). The summed E-state index contributed by atoms with van der Waals surface area (Å²) in [7, 11) is 1.59. The Morgan fingerprint density at radius 3 is 2.84 bits per heavy atom. The predicted molar refractivity (Wildman–Crippen MR) is 115 cm³/mol. The van der Waals surface area contributed by atoms with Crippen LogP contribution in [0.15, 0.2) is 34.1 Å². The zero-order valence-corrected chi connectivity index (χ0v) is 17.5. The molecule has 0 spiro atoms. The molecule has 2 aromatic heterocycles. The van der Waals surface area contributed by atoms with Crippen molar-refractivity contribution in [2.24, 2.45) is 0 Å². The van der Waals surface area contributed by atoms with E-state index in [0.29, 0.717) is 23.1 Å². The Morgan fingerprint density at radius 1 is 1.23 bits per heavy atom. The summed E-state index contributed by atoms with van der Waals surface area (Å²) < 4.78 is 16.9. The minimum Gasteiger partial charge on any atom is -0.497 e. The SMILES string of the molecule is COc1ccc2c(c1)CC(c1csc(NC(=O)c3cc4c(o3)=CCCC=4)c1C(=O)O)O2. The fraction of sp³-hybridized carbons (Fsp3) is 0.217. The Bertz CT molecular complexity index is 1280. The van der Waals surface area contributed by atoms with E-state index in [1.54, 1.807) is 24.6 Å². The highest BCUT2D eigenvalue weighted by molar-refractivity contribution is 7.15. The van der Waals surface area contributed by atoms with E-state index in [-0.39, 0.29) is 16.3 Å². The van der Waals surface area contributed by atoms with E-state index in [2.05, 4.69) is 5.32 Å². The number of fused-ring (bicyclic) bond motifs is 2. The molecule has 1 atom stereocenters. The average molecular weight is 437 g/mol. The number of ether oxygens (including phenoxy) is 2. The van der Waals surface area contributed by atoms with Crippen molar-refractivity contribution in [2.75, 3.05) is 12.4 Å². The van der Waals surface area contributed by atoms with E-state index in [0.717, 1.165) is 40.7 Å². The van der Waals surface area contributed by atoms with Crippen LogP contribution < -0.4 is 25.4 Å². The van der Waals surface area contributed by atoms with Crippen molar-refractivity contribution in [1.29, 1.82) is 0 Å². The van der Waals surface area contributed by atoms with Crippen LogP contribution in [0.1, 0.15) is 51.0 Å². The number of carbonyl (C=O) groups excluding carboxylic acids is 1. The molecule has 0 radical (unpaired) electrons. The van der Waals surface area contributed by atoms with Gasteiger partial charge in [0.15, 0.2) is 5.76 Å². The van der Waals surface area contributed by atoms with Crippen LogP contribution in [-0.2, 0) is 6.42 Å². The summed E-state index contributed by atoms with van der Waals surface area (Å²) in [6.07, 6.45) is 5.81. The summed E-state index contributed by atoms with van der Waals surface area (Å²) in [6.45, 7) is 0. The van der Waals surface area contributed by atoms with Crippen LogP contribution in [0.2, 0.25) is 0 Å². The predicted octanol–water partition coefficient (Wildman–Crippen LogP) is 3.33. The van der Waals surface area contributed by atoms with E-state index >= 15 is 0 Å². The third-order valence-corrected chi connectivity index (χ3v) is 6.34. The molecule has 0 bridgehead atoms. The number of carboxylic acids is 1. The van der Waals surface area contributed by atoms with Gasteiger partial charge in [-0.3, -0.25) is 4.79 Å². The molecule has 1 aromatic carbocycles. The maximum Gasteiger partial charge on any atom is 0.339 e. The maximum absolute atomic E-state index is 12.7. The highest BCUT2D eigenvalue weighted by atomic mass is 32.1. The molecule has 2 N–H and O–H groups in total. The fourth-order valence-electron chi connectivity index (χ4n) is 3.91. The third kappa shape index (κ3) is 3.48. The summed E-state index contributed by atoms with van der Waals surface area (Å²) >= 11 is 1.16. The van der Waals surface area contributed by atoms with Gasteiger partial charge in [-0.2, -0.15) is 0 Å². The molecule has 1 aliphatic carbocycles. The Labute approximate surface area is 181 Å². The van der Waals surface area contributed by atoms with Gasteiger partial charge in [-0.15, -0.1) is 11.3 Å². The quantitative estimate of drug-likeness (QED) is 0.635. The molecule has 3 aromatic rings. The number of hydrogen-bond donors (Lipinski definition) is 2. The highest BCUT2D eigenvalue weighted by Crippen LogP contribution is 2.42. The summed E-state index contributed by atoms with van der Waals surface area (Å²) in [5.41, 5.74) is 2.20. The number of aromatic carboxylic acids is 1. The lowest BCUT2D eigenvalue weighted by atomic mass is 10.0. The van der Waals surface area contributed by atoms with Gasteiger partial charge in [-0.1, -0.05) is 6.08 Å². The molecule has 2 aliphatic rings. The van der Waals surface area contributed by atoms with Gasteiger partial charge >= 0.3 is 5.97 Å². The number of amides is 1. The van der Waals surface area contributed by atoms with Crippen LogP contribution in [0.3, 0.4) is 0 Å². The van der Waals surface area contributed by atoms with Crippen molar-refractivity contribution in [2.45, 2.75) is 25.4 Å². The number of anilines is 1. The lowest BCUT2D eigenvalue weighted by Crippen LogP contribution is -2.21. The average Bonchev–Trinajstić information content (AvgIpc) is 3.48. The van der Waals surface area contributed by atoms with Crippen LogP contribution in [0.4, 0.5) is 5.00 Å². The summed E-state index contributed by atoms with van der Waals surface area (Å²) in [5, 5.41) is 15.4. The van der Waals surface area contributed by atoms with Gasteiger partial charge in [-0.05, 0) is 43.2 Å². The van der Waals surface area contributed by atoms with Crippen LogP contribution in [0, 0.1) is 0 Å². The lowest BCUT2D eigenvalue weighted by Gasteiger charge is -2.11. The Balaban J connectivity index is 1.42. The fourth-order valence-corrected chi connectivity index (χ4v) is 4.90. The molecular formula is C23H19NO6S. The number of thiophene rings is 1. The number of methoxy groups -OCH3 is 1. The van der Waals surface area contributed by atoms with Crippen molar-refractivity contribution in [3.05, 3.63) is 62.7 Å². The number of carbonyl (C=O) groups is 2. The summed E-state index contributed by atoms with van der Waals surface area (Å²) in [6, 6.07) is 7.18. The molecule has 5 rings (SSSR count). The van der Waals surface area contributed by atoms with Gasteiger partial charge in [0, 0.05) is 28.1 Å². The molecule has 7 nitrogen and oxygen atoms in total. The zero-order chi connectivity index (χ0) is 21.5. The minimum atomic E-state index is -1.12. The molecule has 1 unspecified atom stereocenters. The molecule has 0 fully saturated rings. The number of rotatable bonds is 5. The van der Waals surface area contributed by atoms with E-state index in [1.807, 2.05) is 24.3 Å². The van der Waals surface area contributed by atoms with Gasteiger partial charge in [0.05, 0.1) is 7.11 Å². The molecule has 0 saturated heterocycles. The summed E-state index contributed by atoms with van der Waals surface area (Å²) in [5.74, 6) is -0.0261. The molecule has 0 saturated carbocycles.